The van der Waals surface area contributed by atoms with Crippen molar-refractivity contribution < 1.29 is 28.6 Å². The number of nitrogens with one attached hydrogen (secondary N) is 1. The van der Waals surface area contributed by atoms with E-state index >= 15 is 0 Å². The normalized spacial score (nSPS) is 12.3. The van der Waals surface area contributed by atoms with Gasteiger partial charge >= 0.3 is 18.0 Å². The van der Waals surface area contributed by atoms with Gasteiger partial charge in [0.25, 0.3) is 6.23 Å². The van der Waals surface area contributed by atoms with E-state index in [9.17, 15) is 14.4 Å². The summed E-state index contributed by atoms with van der Waals surface area (Å²) in [6.07, 6.45) is -2.38. The van der Waals surface area contributed by atoms with Crippen LogP contribution in [0.15, 0.2) is 0 Å². The highest BCUT2D eigenvalue weighted by Crippen LogP contribution is 2.07. The molecule has 0 rings (SSSR count). The van der Waals surface area contributed by atoms with Gasteiger partial charge in [-0.15, -0.1) is 0 Å². The average molecular weight is 261 g/mol. The molecule has 0 heterocycles. The molecule has 0 bridgehead atoms. The molecule has 1 amide bonds. The Kier molecular flexibility index (Phi) is 6.15. The van der Waals surface area contributed by atoms with Gasteiger partial charge in [-0.2, -0.15) is 0 Å². The van der Waals surface area contributed by atoms with E-state index in [1.807, 2.05) is 0 Å². The maximum absolute atomic E-state index is 11.4. The maximum atomic E-state index is 11.4. The van der Waals surface area contributed by atoms with Crippen molar-refractivity contribution in [1.82, 2.24) is 5.32 Å². The first-order valence-corrected chi connectivity index (χ1v) is 5.49. The number of carbonyl (C=O) groups excluding carboxylic acids is 3. The molecule has 0 aliphatic rings. The topological polar surface area (TPSA) is 90.9 Å². The molecular formula is C11H19NO6. The molecule has 0 spiro atoms. The molecule has 0 aromatic heterocycles. The number of hydrogen-bond acceptors (Lipinski definition) is 6. The van der Waals surface area contributed by atoms with Crippen molar-refractivity contribution in [2.24, 2.45) is 0 Å². The summed E-state index contributed by atoms with van der Waals surface area (Å²) in [6.45, 7) is 7.80. The highest BCUT2D eigenvalue weighted by atomic mass is 16.6. The maximum Gasteiger partial charge on any atom is 0.410 e. The zero-order valence-electron chi connectivity index (χ0n) is 11.2. The van der Waals surface area contributed by atoms with Crippen LogP contribution < -0.4 is 5.32 Å². The van der Waals surface area contributed by atoms with Crippen LogP contribution in [0.5, 0.6) is 0 Å². The lowest BCUT2D eigenvalue weighted by atomic mass is 10.2. The summed E-state index contributed by atoms with van der Waals surface area (Å²) in [5, 5.41) is 2.11. The minimum Gasteiger partial charge on any atom is -0.462 e. The summed E-state index contributed by atoms with van der Waals surface area (Å²) >= 11 is 0. The fourth-order valence-corrected chi connectivity index (χ4v) is 0.935. The molecule has 0 radical (unpaired) electrons. The summed E-state index contributed by atoms with van der Waals surface area (Å²) in [5.41, 5.74) is -0.723. The number of carbonyl (C=O) groups is 3. The van der Waals surface area contributed by atoms with Crippen molar-refractivity contribution >= 4 is 18.0 Å². The van der Waals surface area contributed by atoms with Crippen molar-refractivity contribution in [2.75, 3.05) is 6.61 Å². The van der Waals surface area contributed by atoms with Gasteiger partial charge in [-0.3, -0.25) is 10.1 Å². The average Bonchev–Trinajstić information content (AvgIpc) is 2.13. The number of rotatable bonds is 4. The van der Waals surface area contributed by atoms with E-state index in [1.54, 1.807) is 27.7 Å². The molecular weight excluding hydrogens is 242 g/mol. The van der Waals surface area contributed by atoms with Crippen LogP contribution in [0.2, 0.25) is 0 Å². The molecule has 0 aromatic carbocycles. The molecule has 0 saturated carbocycles. The number of alkyl carbamates (subject to hydrolysis) is 1. The summed E-state index contributed by atoms with van der Waals surface area (Å²) in [4.78, 5) is 33.6. The van der Waals surface area contributed by atoms with Crippen molar-refractivity contribution in [1.29, 1.82) is 0 Å². The fraction of sp³-hybridized carbons (Fsp3) is 0.727. The predicted octanol–water partition coefficient (Wildman–Crippen LogP) is 0.963. The zero-order valence-corrected chi connectivity index (χ0v) is 11.2. The van der Waals surface area contributed by atoms with Crippen molar-refractivity contribution in [3.8, 4) is 0 Å². The van der Waals surface area contributed by atoms with Gasteiger partial charge in [-0.05, 0) is 27.7 Å². The van der Waals surface area contributed by atoms with Gasteiger partial charge in [0.1, 0.15) is 5.60 Å². The number of ether oxygens (including phenoxy) is 3. The van der Waals surface area contributed by atoms with Gasteiger partial charge in [0.2, 0.25) is 0 Å². The SMILES string of the molecule is CCOC(=O)C(NC(=O)OC(C)(C)C)OC(C)=O. The molecule has 0 saturated heterocycles. The molecule has 0 aromatic rings. The Labute approximate surface area is 106 Å². The molecule has 0 aliphatic carbocycles. The Balaban J connectivity index is 4.54. The van der Waals surface area contributed by atoms with Crippen LogP contribution in [0.4, 0.5) is 4.79 Å². The number of hydrogen-bond donors (Lipinski definition) is 1. The van der Waals surface area contributed by atoms with Crippen LogP contribution in [0.3, 0.4) is 0 Å². The van der Waals surface area contributed by atoms with E-state index in [4.69, 9.17) is 4.74 Å². The van der Waals surface area contributed by atoms with Gasteiger partial charge in [0.15, 0.2) is 0 Å². The van der Waals surface area contributed by atoms with Gasteiger partial charge in [0.05, 0.1) is 6.61 Å². The molecule has 1 unspecified atom stereocenters. The van der Waals surface area contributed by atoms with E-state index in [0.29, 0.717) is 0 Å². The third kappa shape index (κ3) is 7.48. The second kappa shape index (κ2) is 6.83. The Hall–Kier alpha value is -1.79. The van der Waals surface area contributed by atoms with E-state index in [1.165, 1.54) is 0 Å². The predicted molar refractivity (Wildman–Crippen MR) is 61.6 cm³/mol. The Morgan fingerprint density at radius 2 is 1.78 bits per heavy atom. The second-order valence-electron chi connectivity index (χ2n) is 4.39. The molecule has 7 heteroatoms. The van der Waals surface area contributed by atoms with Crippen LogP contribution in [-0.2, 0) is 23.8 Å². The number of esters is 2. The second-order valence-corrected chi connectivity index (χ2v) is 4.39. The summed E-state index contributed by atoms with van der Waals surface area (Å²) in [7, 11) is 0. The largest absolute Gasteiger partial charge is 0.462 e. The van der Waals surface area contributed by atoms with E-state index < -0.39 is 29.9 Å². The molecule has 7 nitrogen and oxygen atoms in total. The fourth-order valence-electron chi connectivity index (χ4n) is 0.935. The van der Waals surface area contributed by atoms with Gasteiger partial charge < -0.3 is 14.2 Å². The summed E-state index contributed by atoms with van der Waals surface area (Å²) in [5.74, 6) is -1.58. The van der Waals surface area contributed by atoms with Crippen molar-refractivity contribution in [2.45, 2.75) is 46.4 Å². The standard InChI is InChI=1S/C11H19NO6/c1-6-16-9(14)8(17-7(2)13)12-10(15)18-11(3,4)5/h8H,6H2,1-5H3,(H,12,15). The lowest BCUT2D eigenvalue weighted by Crippen LogP contribution is -2.46. The molecule has 1 N–H and O–H groups in total. The van der Waals surface area contributed by atoms with Crippen LogP contribution in [0.1, 0.15) is 34.6 Å². The van der Waals surface area contributed by atoms with Crippen LogP contribution >= 0.6 is 0 Å². The van der Waals surface area contributed by atoms with E-state index in [-0.39, 0.29) is 6.61 Å². The van der Waals surface area contributed by atoms with Crippen LogP contribution in [-0.4, -0.2) is 36.5 Å². The van der Waals surface area contributed by atoms with E-state index in [2.05, 4.69) is 14.8 Å². The zero-order chi connectivity index (χ0) is 14.3. The smallest absolute Gasteiger partial charge is 0.410 e. The molecule has 18 heavy (non-hydrogen) atoms. The molecule has 0 aliphatic heterocycles. The first-order valence-electron chi connectivity index (χ1n) is 5.49. The molecule has 0 fully saturated rings. The molecule has 1 atom stereocenters. The summed E-state index contributed by atoms with van der Waals surface area (Å²) in [6, 6.07) is 0. The quantitative estimate of drug-likeness (QED) is 0.460. The van der Waals surface area contributed by atoms with Crippen molar-refractivity contribution in [3.63, 3.8) is 0 Å². The monoisotopic (exact) mass is 261 g/mol. The highest BCUT2D eigenvalue weighted by Gasteiger charge is 2.27. The lowest BCUT2D eigenvalue weighted by Gasteiger charge is -2.22. The van der Waals surface area contributed by atoms with Crippen molar-refractivity contribution in [3.05, 3.63) is 0 Å². The minimum absolute atomic E-state index is 0.104. The Bertz CT molecular complexity index is 320. The summed E-state index contributed by atoms with van der Waals surface area (Å²) < 4.78 is 14.2. The van der Waals surface area contributed by atoms with E-state index in [0.717, 1.165) is 6.92 Å². The third-order valence-electron chi connectivity index (χ3n) is 1.43. The first kappa shape index (κ1) is 16.2. The Morgan fingerprint density at radius 1 is 1.22 bits per heavy atom. The number of amides is 1. The first-order chi connectivity index (χ1) is 8.15. The van der Waals surface area contributed by atoms with Crippen LogP contribution in [0, 0.1) is 0 Å². The lowest BCUT2D eigenvalue weighted by molar-refractivity contribution is -0.168. The van der Waals surface area contributed by atoms with Crippen LogP contribution in [0.25, 0.3) is 0 Å². The third-order valence-corrected chi connectivity index (χ3v) is 1.43. The van der Waals surface area contributed by atoms with Gasteiger partial charge in [-0.1, -0.05) is 0 Å². The van der Waals surface area contributed by atoms with Gasteiger partial charge in [0, 0.05) is 6.92 Å². The van der Waals surface area contributed by atoms with Gasteiger partial charge in [-0.25, -0.2) is 9.59 Å². The minimum atomic E-state index is -1.50. The highest BCUT2D eigenvalue weighted by molar-refractivity contribution is 5.82. The Morgan fingerprint density at radius 3 is 2.17 bits per heavy atom. The molecule has 104 valence electrons.